The van der Waals surface area contributed by atoms with E-state index in [4.69, 9.17) is 9.47 Å². The summed E-state index contributed by atoms with van der Waals surface area (Å²) in [7, 11) is 0. The first-order chi connectivity index (χ1) is 9.25. The topological polar surface area (TPSA) is 79.3 Å². The Hall–Kier alpha value is -0.650. The second-order valence-corrected chi connectivity index (χ2v) is 7.80. The van der Waals surface area contributed by atoms with E-state index in [0.717, 1.165) is 6.42 Å². The summed E-state index contributed by atoms with van der Waals surface area (Å²) in [5, 5.41) is 20.8. The fourth-order valence-corrected chi connectivity index (χ4v) is 5.52. The third-order valence-corrected chi connectivity index (χ3v) is 6.40. The lowest BCUT2D eigenvalue weighted by atomic mass is 9.59. The van der Waals surface area contributed by atoms with E-state index < -0.39 is 28.7 Å². The van der Waals surface area contributed by atoms with Gasteiger partial charge in [-0.15, -0.1) is 0 Å². The van der Waals surface area contributed by atoms with Gasteiger partial charge in [0.25, 0.3) is 0 Å². The molecule has 4 rings (SSSR count). The van der Waals surface area contributed by atoms with Crippen molar-refractivity contribution in [3.63, 3.8) is 0 Å². The van der Waals surface area contributed by atoms with Crippen LogP contribution >= 0.6 is 0 Å². The molecular weight excluding hydrogens is 260 g/mol. The van der Waals surface area contributed by atoms with Crippen LogP contribution < -0.4 is 0 Å². The molecule has 4 aliphatic rings. The van der Waals surface area contributed by atoms with Gasteiger partial charge in [0.2, 0.25) is 0 Å². The largest absolute Gasteiger partial charge is 0.452 e. The average molecular weight is 282 g/mol. The van der Waals surface area contributed by atoms with Crippen molar-refractivity contribution in [1.29, 1.82) is 0 Å². The molecule has 112 valence electrons. The van der Waals surface area contributed by atoms with Gasteiger partial charge in [-0.3, -0.25) is 4.79 Å². The monoisotopic (exact) mass is 282 g/mol. The Morgan fingerprint density at radius 2 is 2.10 bits per heavy atom. The zero-order valence-electron chi connectivity index (χ0n) is 12.2. The fraction of sp³-hybridized carbons (Fsp3) is 0.933. The highest BCUT2D eigenvalue weighted by Gasteiger charge is 2.91. The molecule has 2 N–H and O–H groups in total. The number of hydrogen-bond donors (Lipinski definition) is 2. The van der Waals surface area contributed by atoms with Crippen molar-refractivity contribution < 1.29 is 24.5 Å². The van der Waals surface area contributed by atoms with Gasteiger partial charge in [-0.2, -0.15) is 0 Å². The van der Waals surface area contributed by atoms with Gasteiger partial charge in [0.05, 0.1) is 12.7 Å². The van der Waals surface area contributed by atoms with Crippen molar-refractivity contribution in [2.45, 2.75) is 62.9 Å². The number of rotatable bonds is 1. The van der Waals surface area contributed by atoms with Crippen molar-refractivity contribution >= 4 is 5.97 Å². The van der Waals surface area contributed by atoms with E-state index in [1.807, 2.05) is 0 Å². The van der Waals surface area contributed by atoms with Crippen molar-refractivity contribution in [2.75, 3.05) is 6.61 Å². The molecule has 6 atom stereocenters. The van der Waals surface area contributed by atoms with Gasteiger partial charge in [-0.05, 0) is 24.2 Å². The molecule has 0 amide bonds. The molecule has 6 unspecified atom stereocenters. The summed E-state index contributed by atoms with van der Waals surface area (Å²) in [4.78, 5) is 12.2. The summed E-state index contributed by atoms with van der Waals surface area (Å²) in [6.07, 6.45) is 1.91. The molecule has 2 heterocycles. The number of carbonyl (C=O) groups is 1. The molecule has 2 saturated carbocycles. The first kappa shape index (κ1) is 13.0. The van der Waals surface area contributed by atoms with Crippen LogP contribution in [0, 0.1) is 17.3 Å². The van der Waals surface area contributed by atoms with E-state index >= 15 is 0 Å². The molecule has 0 bridgehead atoms. The molecule has 0 aromatic heterocycles. The van der Waals surface area contributed by atoms with Crippen LogP contribution in [0.2, 0.25) is 0 Å². The first-order valence-corrected chi connectivity index (χ1v) is 7.49. The Morgan fingerprint density at radius 1 is 1.40 bits per heavy atom. The van der Waals surface area contributed by atoms with Gasteiger partial charge in [0.1, 0.15) is 17.1 Å². The lowest BCUT2D eigenvalue weighted by molar-refractivity contribution is -0.212. The Morgan fingerprint density at radius 3 is 2.70 bits per heavy atom. The van der Waals surface area contributed by atoms with Crippen LogP contribution in [-0.2, 0) is 14.3 Å². The number of carbonyl (C=O) groups excluding carboxylic acids is 1. The molecule has 0 aromatic rings. The SMILES string of the molecule is CC1CCC2(O)C(CO)C(=O)OC23CC(C)(C)C2OC123. The second-order valence-electron chi connectivity index (χ2n) is 7.80. The Balaban J connectivity index is 1.91. The molecule has 2 aliphatic heterocycles. The molecular formula is C15H22O5. The van der Waals surface area contributed by atoms with Crippen molar-refractivity contribution in [2.24, 2.45) is 17.3 Å². The summed E-state index contributed by atoms with van der Waals surface area (Å²) in [5.41, 5.74) is -2.95. The summed E-state index contributed by atoms with van der Waals surface area (Å²) < 4.78 is 11.8. The van der Waals surface area contributed by atoms with Gasteiger partial charge < -0.3 is 19.7 Å². The quantitative estimate of drug-likeness (QED) is 0.544. The predicted octanol–water partition coefficient (Wildman–Crippen LogP) is 0.619. The van der Waals surface area contributed by atoms with Crippen molar-refractivity contribution in [1.82, 2.24) is 0 Å². The molecule has 0 aromatic carbocycles. The molecule has 5 nitrogen and oxygen atoms in total. The average Bonchev–Trinajstić information content (AvgIpc) is 3.02. The molecule has 2 saturated heterocycles. The number of aliphatic hydroxyl groups is 2. The summed E-state index contributed by atoms with van der Waals surface area (Å²) in [6.45, 7) is 5.95. The maximum absolute atomic E-state index is 12.2. The minimum absolute atomic E-state index is 0.0297. The van der Waals surface area contributed by atoms with E-state index in [0.29, 0.717) is 12.8 Å². The van der Waals surface area contributed by atoms with Crippen LogP contribution in [0.4, 0.5) is 0 Å². The van der Waals surface area contributed by atoms with Crippen molar-refractivity contribution in [3.05, 3.63) is 0 Å². The predicted molar refractivity (Wildman–Crippen MR) is 68.7 cm³/mol. The van der Waals surface area contributed by atoms with E-state index in [1.54, 1.807) is 0 Å². The number of epoxide rings is 1. The second kappa shape index (κ2) is 3.23. The minimum Gasteiger partial charge on any atom is -0.452 e. The molecule has 5 heteroatoms. The van der Waals surface area contributed by atoms with Crippen LogP contribution in [0.5, 0.6) is 0 Å². The smallest absolute Gasteiger partial charge is 0.315 e. The number of hydrogen-bond acceptors (Lipinski definition) is 5. The molecule has 2 aliphatic carbocycles. The van der Waals surface area contributed by atoms with Gasteiger partial charge in [-0.25, -0.2) is 0 Å². The fourth-order valence-electron chi connectivity index (χ4n) is 5.52. The highest BCUT2D eigenvalue weighted by molar-refractivity contribution is 5.79. The molecule has 20 heavy (non-hydrogen) atoms. The van der Waals surface area contributed by atoms with Crippen molar-refractivity contribution in [3.8, 4) is 0 Å². The summed E-state index contributed by atoms with van der Waals surface area (Å²) in [5.74, 6) is -1.07. The lowest BCUT2D eigenvalue weighted by Gasteiger charge is -2.50. The van der Waals surface area contributed by atoms with Crippen LogP contribution in [0.25, 0.3) is 0 Å². The zero-order valence-corrected chi connectivity index (χ0v) is 12.2. The van der Waals surface area contributed by atoms with Gasteiger partial charge >= 0.3 is 5.97 Å². The van der Waals surface area contributed by atoms with Gasteiger partial charge in [0, 0.05) is 6.42 Å². The normalized spacial score (nSPS) is 58.6. The minimum atomic E-state index is -1.30. The zero-order chi connectivity index (χ0) is 14.6. The Kier molecular flexibility index (Phi) is 2.11. The standard InChI is InChI=1S/C15H22O5/c1-8-4-5-13(18)9(6-16)10(17)19-14(13)7-12(2,3)11-15(8,14)20-11/h8-9,11,16,18H,4-7H2,1-3H3. The van der Waals surface area contributed by atoms with Gasteiger partial charge in [0.15, 0.2) is 5.60 Å². The first-order valence-electron chi connectivity index (χ1n) is 7.49. The van der Waals surface area contributed by atoms with Crippen LogP contribution in [0.15, 0.2) is 0 Å². The molecule has 2 spiro atoms. The Bertz CT molecular complexity index is 502. The third kappa shape index (κ3) is 1.02. The van der Waals surface area contributed by atoms with Crippen LogP contribution in [-0.4, -0.2) is 45.7 Å². The van der Waals surface area contributed by atoms with Gasteiger partial charge in [-0.1, -0.05) is 20.8 Å². The maximum atomic E-state index is 12.2. The maximum Gasteiger partial charge on any atom is 0.315 e. The summed E-state index contributed by atoms with van der Waals surface area (Å²) in [6, 6.07) is 0. The highest BCUT2D eigenvalue weighted by atomic mass is 16.7. The number of aliphatic hydroxyl groups excluding tert-OH is 1. The highest BCUT2D eigenvalue weighted by Crippen LogP contribution is 2.76. The van der Waals surface area contributed by atoms with E-state index in [9.17, 15) is 15.0 Å². The summed E-state index contributed by atoms with van der Waals surface area (Å²) >= 11 is 0. The van der Waals surface area contributed by atoms with Crippen LogP contribution in [0.3, 0.4) is 0 Å². The molecule has 4 fully saturated rings. The number of ether oxygens (including phenoxy) is 2. The lowest BCUT2D eigenvalue weighted by Crippen LogP contribution is -2.66. The van der Waals surface area contributed by atoms with E-state index in [-0.39, 0.29) is 24.0 Å². The molecule has 0 radical (unpaired) electrons. The third-order valence-electron chi connectivity index (χ3n) is 6.40. The van der Waals surface area contributed by atoms with E-state index in [2.05, 4.69) is 20.8 Å². The van der Waals surface area contributed by atoms with E-state index in [1.165, 1.54) is 0 Å². The Labute approximate surface area is 118 Å². The van der Waals surface area contributed by atoms with Crippen LogP contribution in [0.1, 0.15) is 40.0 Å². The number of esters is 1.